The first kappa shape index (κ1) is 16.0. The first-order valence-corrected chi connectivity index (χ1v) is 8.65. The van der Waals surface area contributed by atoms with E-state index in [1.807, 2.05) is 6.08 Å². The molecule has 0 aromatic carbocycles. The molecule has 0 aromatic rings. The molecule has 1 N–H and O–H groups in total. The van der Waals surface area contributed by atoms with Crippen molar-refractivity contribution in [3.63, 3.8) is 0 Å². The van der Waals surface area contributed by atoms with Crippen molar-refractivity contribution in [2.75, 3.05) is 39.3 Å². The molecule has 3 nitrogen and oxygen atoms in total. The molecule has 3 aliphatic rings. The van der Waals surface area contributed by atoms with Gasteiger partial charge < -0.3 is 5.32 Å². The molecule has 2 bridgehead atoms. The Morgan fingerprint density at radius 1 is 1.20 bits per heavy atom. The fourth-order valence-electron chi connectivity index (χ4n) is 3.63. The second-order valence-corrected chi connectivity index (χ2v) is 6.39. The SMILES string of the molecule is C=CCCCCCC(NCCC)C1CN2CCN1CC2. The Labute approximate surface area is 125 Å². The molecule has 0 aliphatic carbocycles. The molecular weight excluding hydrogens is 246 g/mol. The van der Waals surface area contributed by atoms with Crippen molar-refractivity contribution in [3.05, 3.63) is 12.7 Å². The number of hydrogen-bond acceptors (Lipinski definition) is 3. The van der Waals surface area contributed by atoms with E-state index in [0.29, 0.717) is 6.04 Å². The van der Waals surface area contributed by atoms with E-state index in [9.17, 15) is 0 Å². The van der Waals surface area contributed by atoms with E-state index in [1.54, 1.807) is 0 Å². The third-order valence-electron chi connectivity index (χ3n) is 4.87. The Balaban J connectivity index is 1.78. The number of nitrogens with zero attached hydrogens (tertiary/aromatic N) is 2. The molecule has 3 heterocycles. The molecule has 2 unspecified atom stereocenters. The average molecular weight is 279 g/mol. The zero-order valence-corrected chi connectivity index (χ0v) is 13.3. The van der Waals surface area contributed by atoms with Gasteiger partial charge in [0.2, 0.25) is 0 Å². The minimum Gasteiger partial charge on any atom is -0.312 e. The minimum atomic E-state index is 0.696. The van der Waals surface area contributed by atoms with E-state index < -0.39 is 0 Å². The van der Waals surface area contributed by atoms with Crippen molar-refractivity contribution in [3.8, 4) is 0 Å². The van der Waals surface area contributed by atoms with E-state index >= 15 is 0 Å². The highest BCUT2D eigenvalue weighted by Gasteiger charge is 2.36. The minimum absolute atomic E-state index is 0.696. The fourth-order valence-corrected chi connectivity index (χ4v) is 3.63. The molecular formula is C17H33N3. The summed E-state index contributed by atoms with van der Waals surface area (Å²) in [5.41, 5.74) is 0. The number of hydrogen-bond donors (Lipinski definition) is 1. The molecule has 0 aromatic heterocycles. The lowest BCUT2D eigenvalue weighted by Gasteiger charge is -2.50. The van der Waals surface area contributed by atoms with Crippen LogP contribution in [0.25, 0.3) is 0 Å². The zero-order chi connectivity index (χ0) is 14.2. The number of unbranched alkanes of at least 4 members (excludes halogenated alkanes) is 3. The highest BCUT2D eigenvalue weighted by atomic mass is 15.4. The van der Waals surface area contributed by atoms with Gasteiger partial charge in [-0.25, -0.2) is 0 Å². The number of fused-ring (bicyclic) bond motifs is 3. The van der Waals surface area contributed by atoms with Crippen LogP contribution < -0.4 is 5.32 Å². The van der Waals surface area contributed by atoms with Crippen molar-refractivity contribution < 1.29 is 0 Å². The third kappa shape index (κ3) is 4.57. The predicted molar refractivity (Wildman–Crippen MR) is 87.2 cm³/mol. The van der Waals surface area contributed by atoms with Crippen LogP contribution in [0.3, 0.4) is 0 Å². The molecule has 3 heteroatoms. The summed E-state index contributed by atoms with van der Waals surface area (Å²) in [6.45, 7) is 13.7. The molecule has 3 aliphatic heterocycles. The number of allylic oxidation sites excluding steroid dienone is 1. The van der Waals surface area contributed by atoms with Gasteiger partial charge in [-0.15, -0.1) is 6.58 Å². The molecule has 3 fully saturated rings. The number of rotatable bonds is 10. The normalized spacial score (nSPS) is 30.4. The van der Waals surface area contributed by atoms with Gasteiger partial charge in [0.15, 0.2) is 0 Å². The van der Waals surface area contributed by atoms with Crippen molar-refractivity contribution in [2.24, 2.45) is 0 Å². The summed E-state index contributed by atoms with van der Waals surface area (Å²) >= 11 is 0. The molecule has 116 valence electrons. The van der Waals surface area contributed by atoms with E-state index in [4.69, 9.17) is 0 Å². The van der Waals surface area contributed by atoms with E-state index in [0.717, 1.165) is 6.04 Å². The van der Waals surface area contributed by atoms with Crippen LogP contribution in [0.5, 0.6) is 0 Å². The summed E-state index contributed by atoms with van der Waals surface area (Å²) in [5.74, 6) is 0. The summed E-state index contributed by atoms with van der Waals surface area (Å²) in [5, 5.41) is 3.83. The van der Waals surface area contributed by atoms with Crippen LogP contribution in [0.2, 0.25) is 0 Å². The van der Waals surface area contributed by atoms with Gasteiger partial charge in [0.25, 0.3) is 0 Å². The molecule has 2 atom stereocenters. The summed E-state index contributed by atoms with van der Waals surface area (Å²) < 4.78 is 0. The van der Waals surface area contributed by atoms with Crippen molar-refractivity contribution in [2.45, 2.75) is 57.5 Å². The molecule has 0 amide bonds. The lowest BCUT2D eigenvalue weighted by molar-refractivity contribution is -0.00478. The van der Waals surface area contributed by atoms with Crippen LogP contribution in [0.1, 0.15) is 45.4 Å². The standard InChI is InChI=1S/C17H33N3/c1-3-5-6-7-8-9-16(18-10-4-2)17-15-19-11-13-20(17)14-12-19/h3,16-18H,1,4-15H2,2H3. The summed E-state index contributed by atoms with van der Waals surface area (Å²) in [4.78, 5) is 5.39. The van der Waals surface area contributed by atoms with Gasteiger partial charge in [0.05, 0.1) is 0 Å². The average Bonchev–Trinajstić information content (AvgIpc) is 2.51. The second kappa shape index (κ2) is 8.81. The van der Waals surface area contributed by atoms with Crippen molar-refractivity contribution in [1.29, 1.82) is 0 Å². The monoisotopic (exact) mass is 279 g/mol. The van der Waals surface area contributed by atoms with Gasteiger partial charge >= 0.3 is 0 Å². The van der Waals surface area contributed by atoms with Crippen LogP contribution in [-0.4, -0.2) is 61.2 Å². The quantitative estimate of drug-likeness (QED) is 0.490. The smallest absolute Gasteiger partial charge is 0.0377 e. The molecule has 0 spiro atoms. The summed E-state index contributed by atoms with van der Waals surface area (Å²) in [6.07, 6.45) is 9.83. The molecule has 0 saturated carbocycles. The zero-order valence-electron chi connectivity index (χ0n) is 13.3. The maximum Gasteiger partial charge on any atom is 0.0377 e. The third-order valence-corrected chi connectivity index (χ3v) is 4.87. The second-order valence-electron chi connectivity index (χ2n) is 6.39. The first-order valence-electron chi connectivity index (χ1n) is 8.65. The molecule has 3 rings (SSSR count). The molecule has 3 saturated heterocycles. The lowest BCUT2D eigenvalue weighted by Crippen LogP contribution is -2.66. The number of piperazine rings is 3. The van der Waals surface area contributed by atoms with Crippen LogP contribution >= 0.6 is 0 Å². The highest BCUT2D eigenvalue weighted by molar-refractivity contribution is 4.94. The van der Waals surface area contributed by atoms with Gasteiger partial charge in [0, 0.05) is 44.8 Å². The van der Waals surface area contributed by atoms with Gasteiger partial charge in [-0.3, -0.25) is 9.80 Å². The van der Waals surface area contributed by atoms with E-state index in [2.05, 4.69) is 28.6 Å². The Kier molecular flexibility index (Phi) is 7.05. The Morgan fingerprint density at radius 2 is 2.00 bits per heavy atom. The largest absolute Gasteiger partial charge is 0.312 e. The van der Waals surface area contributed by atoms with Crippen LogP contribution in [0.4, 0.5) is 0 Å². The Hall–Kier alpha value is -0.380. The Morgan fingerprint density at radius 3 is 2.60 bits per heavy atom. The van der Waals surface area contributed by atoms with Gasteiger partial charge in [-0.05, 0) is 32.2 Å². The van der Waals surface area contributed by atoms with Gasteiger partial charge in [0.1, 0.15) is 0 Å². The van der Waals surface area contributed by atoms with Crippen molar-refractivity contribution >= 4 is 0 Å². The number of nitrogens with one attached hydrogen (secondary N) is 1. The molecule has 20 heavy (non-hydrogen) atoms. The van der Waals surface area contributed by atoms with Gasteiger partial charge in [-0.2, -0.15) is 0 Å². The lowest BCUT2D eigenvalue weighted by atomic mass is 9.95. The molecule has 0 radical (unpaired) electrons. The van der Waals surface area contributed by atoms with E-state index in [-0.39, 0.29) is 0 Å². The highest BCUT2D eigenvalue weighted by Crippen LogP contribution is 2.21. The Bertz CT molecular complexity index is 271. The van der Waals surface area contributed by atoms with E-state index in [1.165, 1.54) is 77.8 Å². The summed E-state index contributed by atoms with van der Waals surface area (Å²) in [6, 6.07) is 1.45. The topological polar surface area (TPSA) is 18.5 Å². The first-order chi connectivity index (χ1) is 9.85. The van der Waals surface area contributed by atoms with Gasteiger partial charge in [-0.1, -0.05) is 25.8 Å². The van der Waals surface area contributed by atoms with Crippen LogP contribution in [-0.2, 0) is 0 Å². The predicted octanol–water partition coefficient (Wildman–Crippen LogP) is 2.49. The van der Waals surface area contributed by atoms with Crippen LogP contribution in [0.15, 0.2) is 12.7 Å². The summed E-state index contributed by atoms with van der Waals surface area (Å²) in [7, 11) is 0. The fraction of sp³-hybridized carbons (Fsp3) is 0.882. The van der Waals surface area contributed by atoms with Crippen molar-refractivity contribution in [1.82, 2.24) is 15.1 Å². The van der Waals surface area contributed by atoms with Crippen LogP contribution in [0, 0.1) is 0 Å². The maximum atomic E-state index is 3.83. The maximum absolute atomic E-state index is 3.83.